The predicted octanol–water partition coefficient (Wildman–Crippen LogP) is 2.62. The van der Waals surface area contributed by atoms with Crippen molar-refractivity contribution >= 4 is 5.97 Å². The number of carboxylic acid groups (broad SMARTS) is 1. The Kier molecular flexibility index (Phi) is 4.34. The minimum atomic E-state index is -0.828. The first kappa shape index (κ1) is 11.0. The first-order valence-corrected chi connectivity index (χ1v) is 4.03. The van der Waals surface area contributed by atoms with E-state index in [1.807, 2.05) is 20.8 Å². The molecule has 0 heterocycles. The van der Waals surface area contributed by atoms with Crippen molar-refractivity contribution in [2.45, 2.75) is 27.2 Å². The molecule has 0 aliphatic rings. The summed E-state index contributed by atoms with van der Waals surface area (Å²) in [5.74, 6) is -0.756. The van der Waals surface area contributed by atoms with Gasteiger partial charge >= 0.3 is 5.97 Å². The van der Waals surface area contributed by atoms with E-state index in [1.165, 1.54) is 0 Å². The van der Waals surface area contributed by atoms with Crippen LogP contribution in [0.1, 0.15) is 27.2 Å². The fraction of sp³-hybridized carbons (Fsp3) is 0.500. The SMILES string of the molecule is C=C(C)C/C=C(\C(=O)O)C(C)C. The van der Waals surface area contributed by atoms with Crippen molar-refractivity contribution in [3.63, 3.8) is 0 Å². The van der Waals surface area contributed by atoms with Gasteiger partial charge in [0.1, 0.15) is 0 Å². The van der Waals surface area contributed by atoms with Crippen molar-refractivity contribution in [1.29, 1.82) is 0 Å². The van der Waals surface area contributed by atoms with Gasteiger partial charge in [0.2, 0.25) is 0 Å². The van der Waals surface area contributed by atoms with Gasteiger partial charge < -0.3 is 5.11 Å². The van der Waals surface area contributed by atoms with Crippen LogP contribution in [0.4, 0.5) is 0 Å². The molecule has 0 atom stereocenters. The molecule has 0 bridgehead atoms. The molecule has 12 heavy (non-hydrogen) atoms. The molecule has 0 rings (SSSR count). The van der Waals surface area contributed by atoms with Crippen molar-refractivity contribution in [2.24, 2.45) is 5.92 Å². The number of rotatable bonds is 4. The van der Waals surface area contributed by atoms with Crippen molar-refractivity contribution in [3.05, 3.63) is 23.8 Å². The summed E-state index contributed by atoms with van der Waals surface area (Å²) in [5.41, 5.74) is 1.45. The molecular formula is C10H16O2. The molecule has 2 nitrogen and oxygen atoms in total. The van der Waals surface area contributed by atoms with E-state index in [4.69, 9.17) is 5.11 Å². The lowest BCUT2D eigenvalue weighted by Crippen LogP contribution is -2.06. The second-order valence-electron chi connectivity index (χ2n) is 3.28. The first-order valence-electron chi connectivity index (χ1n) is 4.03. The lowest BCUT2D eigenvalue weighted by Gasteiger charge is -2.05. The summed E-state index contributed by atoms with van der Waals surface area (Å²) in [6.07, 6.45) is 2.38. The van der Waals surface area contributed by atoms with E-state index in [0.29, 0.717) is 12.0 Å². The van der Waals surface area contributed by atoms with Crippen LogP contribution in [-0.2, 0) is 4.79 Å². The Morgan fingerprint density at radius 2 is 2.08 bits per heavy atom. The maximum Gasteiger partial charge on any atom is 0.331 e. The van der Waals surface area contributed by atoms with Crippen LogP contribution in [0.3, 0.4) is 0 Å². The molecular weight excluding hydrogens is 152 g/mol. The van der Waals surface area contributed by atoms with E-state index in [2.05, 4.69) is 6.58 Å². The van der Waals surface area contributed by atoms with Gasteiger partial charge in [0.05, 0.1) is 0 Å². The maximum absolute atomic E-state index is 10.7. The Labute approximate surface area is 73.6 Å². The van der Waals surface area contributed by atoms with E-state index in [9.17, 15) is 4.79 Å². The van der Waals surface area contributed by atoms with Crippen molar-refractivity contribution < 1.29 is 9.90 Å². The number of hydrogen-bond acceptors (Lipinski definition) is 1. The van der Waals surface area contributed by atoms with Gasteiger partial charge in [-0.25, -0.2) is 4.79 Å². The summed E-state index contributed by atoms with van der Waals surface area (Å²) in [5, 5.41) is 8.76. The average molecular weight is 168 g/mol. The van der Waals surface area contributed by atoms with Crippen LogP contribution in [0.25, 0.3) is 0 Å². The van der Waals surface area contributed by atoms with Gasteiger partial charge in [-0.2, -0.15) is 0 Å². The Morgan fingerprint density at radius 1 is 1.58 bits per heavy atom. The second-order valence-corrected chi connectivity index (χ2v) is 3.28. The van der Waals surface area contributed by atoms with Gasteiger partial charge in [0, 0.05) is 5.57 Å². The van der Waals surface area contributed by atoms with E-state index in [-0.39, 0.29) is 5.92 Å². The standard InChI is InChI=1S/C10H16O2/c1-7(2)5-6-9(8(3)4)10(11)12/h6,8H,1,5H2,2-4H3,(H,11,12)/b9-6-. The van der Waals surface area contributed by atoms with Crippen molar-refractivity contribution in [1.82, 2.24) is 0 Å². The molecule has 0 saturated heterocycles. The van der Waals surface area contributed by atoms with E-state index >= 15 is 0 Å². The predicted molar refractivity (Wildman–Crippen MR) is 50.0 cm³/mol. The van der Waals surface area contributed by atoms with Crippen LogP contribution in [0.5, 0.6) is 0 Å². The fourth-order valence-electron chi connectivity index (χ4n) is 0.854. The normalized spacial score (nSPS) is 11.8. The van der Waals surface area contributed by atoms with E-state index < -0.39 is 5.97 Å². The van der Waals surface area contributed by atoms with Gasteiger partial charge in [-0.3, -0.25) is 0 Å². The Bertz CT molecular complexity index is 212. The van der Waals surface area contributed by atoms with Gasteiger partial charge in [-0.05, 0) is 19.3 Å². The summed E-state index contributed by atoms with van der Waals surface area (Å²) < 4.78 is 0. The molecule has 68 valence electrons. The molecule has 0 aliphatic heterocycles. The average Bonchev–Trinajstić information content (AvgIpc) is 1.84. The zero-order valence-corrected chi connectivity index (χ0v) is 7.92. The molecule has 0 aromatic carbocycles. The lowest BCUT2D eigenvalue weighted by molar-refractivity contribution is -0.133. The third kappa shape index (κ3) is 3.96. The minimum absolute atomic E-state index is 0.0712. The van der Waals surface area contributed by atoms with Crippen molar-refractivity contribution in [2.75, 3.05) is 0 Å². The van der Waals surface area contributed by atoms with Crippen LogP contribution in [0.15, 0.2) is 23.8 Å². The van der Waals surface area contributed by atoms with Crippen LogP contribution >= 0.6 is 0 Å². The monoisotopic (exact) mass is 168 g/mol. The summed E-state index contributed by atoms with van der Waals surface area (Å²) in [6, 6.07) is 0. The number of carboxylic acids is 1. The van der Waals surface area contributed by atoms with Gasteiger partial charge in [0.25, 0.3) is 0 Å². The highest BCUT2D eigenvalue weighted by Crippen LogP contribution is 2.12. The van der Waals surface area contributed by atoms with Crippen LogP contribution < -0.4 is 0 Å². The number of aliphatic carboxylic acids is 1. The van der Waals surface area contributed by atoms with Crippen LogP contribution in [0.2, 0.25) is 0 Å². The van der Waals surface area contributed by atoms with Gasteiger partial charge in [0.15, 0.2) is 0 Å². The Morgan fingerprint density at radius 3 is 2.33 bits per heavy atom. The quantitative estimate of drug-likeness (QED) is 0.517. The number of allylic oxidation sites excluding steroid dienone is 2. The number of hydrogen-bond donors (Lipinski definition) is 1. The Hall–Kier alpha value is -1.05. The van der Waals surface area contributed by atoms with Gasteiger partial charge in [-0.1, -0.05) is 32.1 Å². The summed E-state index contributed by atoms with van der Waals surface area (Å²) in [7, 11) is 0. The third-order valence-electron chi connectivity index (χ3n) is 1.54. The highest BCUT2D eigenvalue weighted by atomic mass is 16.4. The highest BCUT2D eigenvalue weighted by molar-refractivity contribution is 5.87. The van der Waals surface area contributed by atoms with Crippen LogP contribution in [-0.4, -0.2) is 11.1 Å². The zero-order valence-electron chi connectivity index (χ0n) is 7.92. The molecule has 0 unspecified atom stereocenters. The summed E-state index contributed by atoms with van der Waals surface area (Å²) >= 11 is 0. The van der Waals surface area contributed by atoms with Crippen LogP contribution in [0, 0.1) is 5.92 Å². The highest BCUT2D eigenvalue weighted by Gasteiger charge is 2.10. The molecule has 0 saturated carbocycles. The molecule has 1 N–H and O–H groups in total. The summed E-state index contributed by atoms with van der Waals surface area (Å²) in [6.45, 7) is 9.34. The Balaban J connectivity index is 4.40. The molecule has 0 aliphatic carbocycles. The topological polar surface area (TPSA) is 37.3 Å². The summed E-state index contributed by atoms with van der Waals surface area (Å²) in [4.78, 5) is 10.7. The molecule has 2 heteroatoms. The second kappa shape index (κ2) is 4.75. The molecule has 0 spiro atoms. The fourth-order valence-corrected chi connectivity index (χ4v) is 0.854. The van der Waals surface area contributed by atoms with Gasteiger partial charge in [-0.15, -0.1) is 0 Å². The molecule has 0 radical (unpaired) electrons. The molecule has 0 amide bonds. The van der Waals surface area contributed by atoms with E-state index in [0.717, 1.165) is 5.57 Å². The molecule has 0 fully saturated rings. The zero-order chi connectivity index (χ0) is 9.72. The minimum Gasteiger partial charge on any atom is -0.478 e. The number of carbonyl (C=O) groups is 1. The largest absolute Gasteiger partial charge is 0.478 e. The molecule has 0 aromatic heterocycles. The first-order chi connectivity index (χ1) is 5.45. The smallest absolute Gasteiger partial charge is 0.331 e. The van der Waals surface area contributed by atoms with E-state index in [1.54, 1.807) is 6.08 Å². The molecule has 0 aromatic rings. The third-order valence-corrected chi connectivity index (χ3v) is 1.54. The van der Waals surface area contributed by atoms with Crippen molar-refractivity contribution in [3.8, 4) is 0 Å². The maximum atomic E-state index is 10.7. The lowest BCUT2D eigenvalue weighted by atomic mass is 10.0.